The van der Waals surface area contributed by atoms with E-state index in [-0.39, 0.29) is 0 Å². The van der Waals surface area contributed by atoms with Gasteiger partial charge in [0, 0.05) is 37.6 Å². The molecule has 20 heavy (non-hydrogen) atoms. The van der Waals surface area contributed by atoms with Gasteiger partial charge in [-0.15, -0.1) is 0 Å². The highest BCUT2D eigenvalue weighted by atomic mass is 16.5. The van der Waals surface area contributed by atoms with Gasteiger partial charge >= 0.3 is 0 Å². The molecule has 1 unspecified atom stereocenters. The van der Waals surface area contributed by atoms with Crippen molar-refractivity contribution in [2.75, 3.05) is 33.5 Å². The first-order valence-electron chi connectivity index (χ1n) is 7.45. The van der Waals surface area contributed by atoms with E-state index in [9.17, 15) is 0 Å². The summed E-state index contributed by atoms with van der Waals surface area (Å²) in [6, 6.07) is 0.344. The summed E-state index contributed by atoms with van der Waals surface area (Å²) in [5.74, 6) is 0. The van der Waals surface area contributed by atoms with E-state index in [0.717, 1.165) is 38.4 Å². The normalized spacial score (nSPS) is 12.8. The highest BCUT2D eigenvalue weighted by Crippen LogP contribution is 2.21. The van der Waals surface area contributed by atoms with E-state index >= 15 is 0 Å². The van der Waals surface area contributed by atoms with Crippen molar-refractivity contribution in [3.05, 3.63) is 17.0 Å². The fourth-order valence-electron chi connectivity index (χ4n) is 2.52. The Morgan fingerprint density at radius 1 is 1.25 bits per heavy atom. The number of nitrogens with one attached hydrogen (secondary N) is 1. The predicted octanol–water partition coefficient (Wildman–Crippen LogP) is 2.22. The van der Waals surface area contributed by atoms with E-state index in [1.165, 1.54) is 11.3 Å². The van der Waals surface area contributed by atoms with Crippen molar-refractivity contribution in [2.45, 2.75) is 46.7 Å². The number of aryl methyl sites for hydroxylation is 1. The molecule has 0 aromatic carbocycles. The number of aromatic nitrogens is 2. The lowest BCUT2D eigenvalue weighted by atomic mass is 10.1. The van der Waals surface area contributed by atoms with Crippen LogP contribution in [0.15, 0.2) is 0 Å². The van der Waals surface area contributed by atoms with Crippen molar-refractivity contribution in [1.29, 1.82) is 0 Å². The Bertz CT molecular complexity index is 391. The van der Waals surface area contributed by atoms with Gasteiger partial charge < -0.3 is 14.8 Å². The van der Waals surface area contributed by atoms with Gasteiger partial charge in [-0.25, -0.2) is 0 Å². The minimum Gasteiger partial charge on any atom is -0.385 e. The molecule has 5 heteroatoms. The Balaban J connectivity index is 2.49. The highest BCUT2D eigenvalue weighted by molar-refractivity contribution is 5.27. The van der Waals surface area contributed by atoms with Gasteiger partial charge in [-0.2, -0.15) is 5.10 Å². The molecule has 0 radical (unpaired) electrons. The summed E-state index contributed by atoms with van der Waals surface area (Å²) in [6.45, 7) is 12.5. The fraction of sp³-hybridized carbons (Fsp3) is 0.800. The number of methoxy groups -OCH3 is 1. The molecule has 0 amide bonds. The standard InChI is InChI=1S/C15H29N3O2/c1-6-16-12(2)15-13(3)17-18(14(15)4)8-11-20-10-7-9-19-5/h12,16H,6-11H2,1-5H3. The maximum Gasteiger partial charge on any atom is 0.0662 e. The van der Waals surface area contributed by atoms with E-state index in [0.29, 0.717) is 12.6 Å². The zero-order valence-corrected chi connectivity index (χ0v) is 13.5. The van der Waals surface area contributed by atoms with Crippen molar-refractivity contribution in [2.24, 2.45) is 0 Å². The van der Waals surface area contributed by atoms with E-state index in [1.807, 2.05) is 0 Å². The fourth-order valence-corrected chi connectivity index (χ4v) is 2.52. The molecule has 1 N–H and O–H groups in total. The number of nitrogens with zero attached hydrogens (tertiary/aromatic N) is 2. The third-order valence-corrected chi connectivity index (χ3v) is 3.47. The molecule has 0 aliphatic heterocycles. The van der Waals surface area contributed by atoms with Gasteiger partial charge in [-0.1, -0.05) is 6.92 Å². The summed E-state index contributed by atoms with van der Waals surface area (Å²) in [5, 5.41) is 8.07. The number of rotatable bonds is 10. The Morgan fingerprint density at radius 2 is 2.00 bits per heavy atom. The molecule has 0 saturated carbocycles. The average molecular weight is 283 g/mol. The molecule has 1 rings (SSSR count). The van der Waals surface area contributed by atoms with Crippen molar-refractivity contribution in [3.8, 4) is 0 Å². The number of hydrogen-bond acceptors (Lipinski definition) is 4. The summed E-state index contributed by atoms with van der Waals surface area (Å²) in [7, 11) is 1.71. The second-order valence-corrected chi connectivity index (χ2v) is 5.05. The molecule has 0 aliphatic carbocycles. The topological polar surface area (TPSA) is 48.3 Å². The molecular formula is C15H29N3O2. The smallest absolute Gasteiger partial charge is 0.0662 e. The van der Waals surface area contributed by atoms with Gasteiger partial charge in [0.05, 0.1) is 18.8 Å². The molecule has 0 spiro atoms. The summed E-state index contributed by atoms with van der Waals surface area (Å²) in [6.07, 6.45) is 0.941. The summed E-state index contributed by atoms with van der Waals surface area (Å²) >= 11 is 0. The van der Waals surface area contributed by atoms with Crippen LogP contribution >= 0.6 is 0 Å². The van der Waals surface area contributed by atoms with Gasteiger partial charge in [0.2, 0.25) is 0 Å². The highest BCUT2D eigenvalue weighted by Gasteiger charge is 2.16. The lowest BCUT2D eigenvalue weighted by Crippen LogP contribution is -2.19. The van der Waals surface area contributed by atoms with Gasteiger partial charge in [0.15, 0.2) is 0 Å². The minimum absolute atomic E-state index is 0.344. The molecule has 5 nitrogen and oxygen atoms in total. The third-order valence-electron chi connectivity index (χ3n) is 3.47. The molecule has 0 bridgehead atoms. The second kappa shape index (κ2) is 9.10. The molecule has 0 fully saturated rings. The van der Waals surface area contributed by atoms with Crippen molar-refractivity contribution in [1.82, 2.24) is 15.1 Å². The van der Waals surface area contributed by atoms with E-state index in [2.05, 4.69) is 42.8 Å². The van der Waals surface area contributed by atoms with Crippen LogP contribution in [0, 0.1) is 13.8 Å². The van der Waals surface area contributed by atoms with Crippen LogP contribution in [0.25, 0.3) is 0 Å². The molecule has 116 valence electrons. The number of ether oxygens (including phenoxy) is 2. The van der Waals surface area contributed by atoms with Crippen molar-refractivity contribution >= 4 is 0 Å². The first-order valence-corrected chi connectivity index (χ1v) is 7.45. The summed E-state index contributed by atoms with van der Waals surface area (Å²) in [5.41, 5.74) is 3.65. The largest absolute Gasteiger partial charge is 0.385 e. The average Bonchev–Trinajstić information content (AvgIpc) is 2.69. The molecule has 0 aliphatic rings. The Kier molecular flexibility index (Phi) is 7.80. The van der Waals surface area contributed by atoms with E-state index < -0.39 is 0 Å². The van der Waals surface area contributed by atoms with E-state index in [4.69, 9.17) is 9.47 Å². The zero-order valence-electron chi connectivity index (χ0n) is 13.5. The molecule has 1 atom stereocenters. The lowest BCUT2D eigenvalue weighted by Gasteiger charge is -2.13. The second-order valence-electron chi connectivity index (χ2n) is 5.05. The molecule has 1 aromatic heterocycles. The molecule has 1 aromatic rings. The SMILES string of the molecule is CCNC(C)c1c(C)nn(CCOCCCOC)c1C. The minimum atomic E-state index is 0.344. The monoisotopic (exact) mass is 283 g/mol. The van der Waals surface area contributed by atoms with E-state index in [1.54, 1.807) is 7.11 Å². The van der Waals surface area contributed by atoms with Crippen LogP contribution in [0.1, 0.15) is 43.3 Å². The van der Waals surface area contributed by atoms with Crippen LogP contribution in [0.3, 0.4) is 0 Å². The van der Waals surface area contributed by atoms with Crippen LogP contribution in [0.2, 0.25) is 0 Å². The maximum absolute atomic E-state index is 5.60. The molecule has 1 heterocycles. The Morgan fingerprint density at radius 3 is 2.65 bits per heavy atom. The van der Waals surface area contributed by atoms with Gasteiger partial charge in [0.25, 0.3) is 0 Å². The lowest BCUT2D eigenvalue weighted by molar-refractivity contribution is 0.0957. The summed E-state index contributed by atoms with van der Waals surface area (Å²) < 4.78 is 12.6. The predicted molar refractivity (Wildman–Crippen MR) is 81.1 cm³/mol. The quantitative estimate of drug-likeness (QED) is 0.669. The van der Waals surface area contributed by atoms with Gasteiger partial charge in [0.1, 0.15) is 0 Å². The van der Waals surface area contributed by atoms with Gasteiger partial charge in [-0.3, -0.25) is 4.68 Å². The Labute approximate surface area is 122 Å². The van der Waals surface area contributed by atoms with Crippen LogP contribution in [-0.2, 0) is 16.0 Å². The van der Waals surface area contributed by atoms with Crippen LogP contribution in [0.4, 0.5) is 0 Å². The first-order chi connectivity index (χ1) is 9.61. The van der Waals surface area contributed by atoms with Crippen LogP contribution in [-0.4, -0.2) is 43.3 Å². The van der Waals surface area contributed by atoms with Gasteiger partial charge in [-0.05, 0) is 33.7 Å². The third kappa shape index (κ3) is 4.89. The molecule has 0 saturated heterocycles. The van der Waals surface area contributed by atoms with Crippen LogP contribution in [0.5, 0.6) is 0 Å². The summed E-state index contributed by atoms with van der Waals surface area (Å²) in [4.78, 5) is 0. The zero-order chi connectivity index (χ0) is 15.0. The van der Waals surface area contributed by atoms with Crippen molar-refractivity contribution in [3.63, 3.8) is 0 Å². The number of hydrogen-bond donors (Lipinski definition) is 1. The Hall–Kier alpha value is -0.910. The maximum atomic E-state index is 5.60. The van der Waals surface area contributed by atoms with Crippen LogP contribution < -0.4 is 5.32 Å². The molecular weight excluding hydrogens is 254 g/mol. The first kappa shape index (κ1) is 17.1. The van der Waals surface area contributed by atoms with Crippen molar-refractivity contribution < 1.29 is 9.47 Å².